The third-order valence-corrected chi connectivity index (χ3v) is 4.14. The maximum absolute atomic E-state index is 12.2. The molecule has 116 valence electrons. The van der Waals surface area contributed by atoms with Crippen LogP contribution in [0.1, 0.15) is 24.2 Å². The molecule has 0 aromatic heterocycles. The number of nitrogens with one attached hydrogen (secondary N) is 1. The van der Waals surface area contributed by atoms with Crippen LogP contribution in [-0.2, 0) is 4.74 Å². The third-order valence-electron chi connectivity index (χ3n) is 3.81. The number of amides is 1. The lowest BCUT2D eigenvalue weighted by Crippen LogP contribution is -2.55. The van der Waals surface area contributed by atoms with Crippen LogP contribution in [0.3, 0.4) is 0 Å². The number of nitrogens with two attached hydrogens (primary N) is 1. The van der Waals surface area contributed by atoms with E-state index in [1.165, 1.54) is 0 Å². The number of anilines is 1. The number of rotatable bonds is 4. The quantitative estimate of drug-likeness (QED) is 0.832. The molecule has 1 aliphatic rings. The number of carbonyl (C=O) groups is 1. The van der Waals surface area contributed by atoms with Crippen molar-refractivity contribution in [2.45, 2.75) is 19.4 Å². The fourth-order valence-corrected chi connectivity index (χ4v) is 2.53. The highest BCUT2D eigenvalue weighted by Crippen LogP contribution is 2.20. The predicted octanol–water partition coefficient (Wildman–Crippen LogP) is 1.76. The Kier molecular flexibility index (Phi) is 5.08. The van der Waals surface area contributed by atoms with Gasteiger partial charge in [0.25, 0.3) is 5.91 Å². The lowest BCUT2D eigenvalue weighted by atomic mass is 10.0. The van der Waals surface area contributed by atoms with Crippen molar-refractivity contribution in [1.82, 2.24) is 10.2 Å². The largest absolute Gasteiger partial charge is 0.398 e. The van der Waals surface area contributed by atoms with Crippen molar-refractivity contribution in [3.63, 3.8) is 0 Å². The number of nitrogen functional groups attached to an aromatic ring is 1. The summed E-state index contributed by atoms with van der Waals surface area (Å²) in [6.45, 7) is 8.06. The van der Waals surface area contributed by atoms with E-state index in [4.69, 9.17) is 22.1 Å². The summed E-state index contributed by atoms with van der Waals surface area (Å²) in [5.74, 6) is -0.141. The Morgan fingerprint density at radius 3 is 2.71 bits per heavy atom. The molecule has 6 heteroatoms. The summed E-state index contributed by atoms with van der Waals surface area (Å²) in [5, 5.41) is 3.36. The highest BCUT2D eigenvalue weighted by molar-refractivity contribution is 6.33. The Morgan fingerprint density at radius 2 is 2.10 bits per heavy atom. The highest BCUT2D eigenvalue weighted by atomic mass is 35.5. The Bertz CT molecular complexity index is 514. The van der Waals surface area contributed by atoms with Gasteiger partial charge in [-0.25, -0.2) is 0 Å². The molecular formula is C15H22ClN3O2. The van der Waals surface area contributed by atoms with E-state index in [-0.39, 0.29) is 11.4 Å². The molecule has 5 nitrogen and oxygen atoms in total. The van der Waals surface area contributed by atoms with Crippen LogP contribution in [0, 0.1) is 0 Å². The summed E-state index contributed by atoms with van der Waals surface area (Å²) >= 11 is 5.94. The average molecular weight is 312 g/mol. The van der Waals surface area contributed by atoms with Gasteiger partial charge in [0.1, 0.15) is 0 Å². The van der Waals surface area contributed by atoms with Crippen molar-refractivity contribution < 1.29 is 9.53 Å². The number of halogens is 1. The van der Waals surface area contributed by atoms with Crippen LogP contribution in [0.15, 0.2) is 18.2 Å². The van der Waals surface area contributed by atoms with Gasteiger partial charge < -0.3 is 15.8 Å². The summed E-state index contributed by atoms with van der Waals surface area (Å²) in [6.07, 6.45) is 0. The average Bonchev–Trinajstić information content (AvgIpc) is 2.48. The monoisotopic (exact) mass is 311 g/mol. The Hall–Kier alpha value is -1.30. The molecule has 0 unspecified atom stereocenters. The molecule has 0 radical (unpaired) electrons. The van der Waals surface area contributed by atoms with Crippen LogP contribution < -0.4 is 11.1 Å². The van der Waals surface area contributed by atoms with Crippen LogP contribution in [0.2, 0.25) is 5.02 Å². The molecule has 21 heavy (non-hydrogen) atoms. The first-order chi connectivity index (χ1) is 9.90. The van der Waals surface area contributed by atoms with E-state index in [0.29, 0.717) is 22.8 Å². The van der Waals surface area contributed by atoms with Crippen molar-refractivity contribution in [3.05, 3.63) is 28.8 Å². The third kappa shape index (κ3) is 4.09. The van der Waals surface area contributed by atoms with E-state index < -0.39 is 0 Å². The Labute approximate surface area is 130 Å². The zero-order chi connectivity index (χ0) is 15.5. The summed E-state index contributed by atoms with van der Waals surface area (Å²) in [6, 6.07) is 4.91. The minimum absolute atomic E-state index is 0.114. The summed E-state index contributed by atoms with van der Waals surface area (Å²) in [4.78, 5) is 14.5. The zero-order valence-corrected chi connectivity index (χ0v) is 13.2. The molecule has 0 atom stereocenters. The van der Waals surface area contributed by atoms with Gasteiger partial charge in [0, 0.05) is 30.7 Å². The minimum Gasteiger partial charge on any atom is -0.398 e. The molecule has 0 spiro atoms. The molecule has 1 aromatic rings. The van der Waals surface area contributed by atoms with E-state index in [1.807, 2.05) is 0 Å². The van der Waals surface area contributed by atoms with E-state index in [1.54, 1.807) is 18.2 Å². The fourth-order valence-electron chi connectivity index (χ4n) is 2.35. The number of benzene rings is 1. The second kappa shape index (κ2) is 6.64. The molecule has 0 bridgehead atoms. The van der Waals surface area contributed by atoms with Gasteiger partial charge in [-0.3, -0.25) is 9.69 Å². The van der Waals surface area contributed by atoms with Crippen molar-refractivity contribution in [1.29, 1.82) is 0 Å². The number of hydrogen-bond acceptors (Lipinski definition) is 4. The second-order valence-electron chi connectivity index (χ2n) is 5.83. The number of ether oxygens (including phenoxy) is 1. The molecule has 1 fully saturated rings. The number of morpholine rings is 1. The predicted molar refractivity (Wildman–Crippen MR) is 84.7 cm³/mol. The SMILES string of the molecule is CC(C)(CNC(=O)c1ccc(N)c(Cl)c1)N1CCOCC1. The van der Waals surface area contributed by atoms with E-state index >= 15 is 0 Å². The maximum Gasteiger partial charge on any atom is 0.251 e. The van der Waals surface area contributed by atoms with Crippen LogP contribution >= 0.6 is 11.6 Å². The molecular weight excluding hydrogens is 290 g/mol. The summed E-state index contributed by atoms with van der Waals surface area (Å²) in [5.41, 5.74) is 6.53. The van der Waals surface area contributed by atoms with Gasteiger partial charge in [-0.1, -0.05) is 11.6 Å². The second-order valence-corrected chi connectivity index (χ2v) is 6.24. The van der Waals surface area contributed by atoms with E-state index in [2.05, 4.69) is 24.1 Å². The molecule has 1 aromatic carbocycles. The van der Waals surface area contributed by atoms with Crippen molar-refractivity contribution >= 4 is 23.2 Å². The molecule has 1 aliphatic heterocycles. The lowest BCUT2D eigenvalue weighted by molar-refractivity contribution is -0.00923. The van der Waals surface area contributed by atoms with Crippen LogP contribution in [-0.4, -0.2) is 49.2 Å². The number of nitrogens with zero attached hydrogens (tertiary/aromatic N) is 1. The Morgan fingerprint density at radius 1 is 1.43 bits per heavy atom. The zero-order valence-electron chi connectivity index (χ0n) is 12.5. The standard InChI is InChI=1S/C15H22ClN3O2/c1-15(2,19-5-7-21-8-6-19)10-18-14(20)11-3-4-13(17)12(16)9-11/h3-4,9H,5-8,10,17H2,1-2H3,(H,18,20). The first-order valence-electron chi connectivity index (χ1n) is 7.06. The van der Waals surface area contributed by atoms with E-state index in [0.717, 1.165) is 26.3 Å². The van der Waals surface area contributed by atoms with Gasteiger partial charge >= 0.3 is 0 Å². The van der Waals surface area contributed by atoms with Gasteiger partial charge in [-0.15, -0.1) is 0 Å². The maximum atomic E-state index is 12.2. The van der Waals surface area contributed by atoms with Crippen molar-refractivity contribution in [3.8, 4) is 0 Å². The highest BCUT2D eigenvalue weighted by Gasteiger charge is 2.28. The van der Waals surface area contributed by atoms with Crippen LogP contribution in [0.5, 0.6) is 0 Å². The normalized spacial score (nSPS) is 16.7. The minimum atomic E-state index is -0.141. The van der Waals surface area contributed by atoms with Gasteiger partial charge in [0.2, 0.25) is 0 Å². The summed E-state index contributed by atoms with van der Waals surface area (Å²) < 4.78 is 5.36. The first kappa shape index (κ1) is 16.1. The van der Waals surface area contributed by atoms with E-state index in [9.17, 15) is 4.79 Å². The lowest BCUT2D eigenvalue weighted by Gasteiger charge is -2.40. The first-order valence-corrected chi connectivity index (χ1v) is 7.44. The van der Waals surface area contributed by atoms with Crippen molar-refractivity contribution in [2.75, 3.05) is 38.6 Å². The molecule has 0 aliphatic carbocycles. The topological polar surface area (TPSA) is 67.6 Å². The van der Waals surface area contributed by atoms with Gasteiger partial charge in [-0.2, -0.15) is 0 Å². The van der Waals surface area contributed by atoms with Gasteiger partial charge in [0.15, 0.2) is 0 Å². The number of carbonyl (C=O) groups excluding carboxylic acids is 1. The molecule has 3 N–H and O–H groups in total. The fraction of sp³-hybridized carbons (Fsp3) is 0.533. The van der Waals surface area contributed by atoms with Gasteiger partial charge in [-0.05, 0) is 32.0 Å². The molecule has 0 saturated carbocycles. The summed E-state index contributed by atoms with van der Waals surface area (Å²) in [7, 11) is 0. The Balaban J connectivity index is 1.94. The van der Waals surface area contributed by atoms with Gasteiger partial charge in [0.05, 0.1) is 23.9 Å². The van der Waals surface area contributed by atoms with Crippen LogP contribution in [0.4, 0.5) is 5.69 Å². The molecule has 2 rings (SSSR count). The number of hydrogen-bond donors (Lipinski definition) is 2. The molecule has 1 saturated heterocycles. The molecule has 1 amide bonds. The smallest absolute Gasteiger partial charge is 0.251 e. The van der Waals surface area contributed by atoms with Crippen LogP contribution in [0.25, 0.3) is 0 Å². The van der Waals surface area contributed by atoms with Crippen molar-refractivity contribution in [2.24, 2.45) is 0 Å². The molecule has 1 heterocycles.